The highest BCUT2D eigenvalue weighted by Gasteiger charge is 2.45. The van der Waals surface area contributed by atoms with Crippen LogP contribution in [0, 0.1) is 0 Å². The molecule has 0 aromatic heterocycles. The Labute approximate surface area is 128 Å². The molecule has 0 spiro atoms. The SMILES string of the molecule is CC1(C)CC(Nc2ccc(N3CCCC3)cc2)C(C)(C)O1. The van der Waals surface area contributed by atoms with E-state index in [1.54, 1.807) is 0 Å². The molecular weight excluding hydrogens is 260 g/mol. The summed E-state index contributed by atoms with van der Waals surface area (Å²) in [6.07, 6.45) is 3.68. The van der Waals surface area contributed by atoms with Crippen LogP contribution < -0.4 is 10.2 Å². The van der Waals surface area contributed by atoms with Crippen LogP contribution in [0.25, 0.3) is 0 Å². The quantitative estimate of drug-likeness (QED) is 0.908. The summed E-state index contributed by atoms with van der Waals surface area (Å²) in [6, 6.07) is 9.23. The summed E-state index contributed by atoms with van der Waals surface area (Å²) < 4.78 is 6.16. The van der Waals surface area contributed by atoms with Crippen molar-refractivity contribution in [2.24, 2.45) is 0 Å². The third kappa shape index (κ3) is 3.18. The van der Waals surface area contributed by atoms with Gasteiger partial charge in [-0.3, -0.25) is 0 Å². The Kier molecular flexibility index (Phi) is 3.64. The predicted octanol–water partition coefficient (Wildman–Crippen LogP) is 4.04. The van der Waals surface area contributed by atoms with Crippen LogP contribution >= 0.6 is 0 Å². The Morgan fingerprint density at radius 1 is 1.05 bits per heavy atom. The minimum absolute atomic E-state index is 0.0450. The van der Waals surface area contributed by atoms with Gasteiger partial charge in [-0.15, -0.1) is 0 Å². The van der Waals surface area contributed by atoms with E-state index in [2.05, 4.69) is 62.2 Å². The van der Waals surface area contributed by atoms with Crippen LogP contribution in [-0.4, -0.2) is 30.3 Å². The first-order valence-electron chi connectivity index (χ1n) is 8.17. The lowest BCUT2D eigenvalue weighted by molar-refractivity contribution is -0.0662. The molecule has 21 heavy (non-hydrogen) atoms. The smallest absolute Gasteiger partial charge is 0.0834 e. The number of nitrogens with one attached hydrogen (secondary N) is 1. The lowest BCUT2D eigenvalue weighted by atomic mass is 9.94. The van der Waals surface area contributed by atoms with Gasteiger partial charge in [-0.2, -0.15) is 0 Å². The Bertz CT molecular complexity index is 486. The first-order valence-corrected chi connectivity index (χ1v) is 8.17. The van der Waals surface area contributed by atoms with Crippen molar-refractivity contribution in [2.45, 2.75) is 64.2 Å². The van der Waals surface area contributed by atoms with Gasteiger partial charge in [-0.1, -0.05) is 0 Å². The molecule has 1 unspecified atom stereocenters. The van der Waals surface area contributed by atoms with E-state index in [4.69, 9.17) is 4.74 Å². The first-order chi connectivity index (χ1) is 9.86. The van der Waals surface area contributed by atoms with Crippen molar-refractivity contribution in [3.8, 4) is 0 Å². The minimum atomic E-state index is -0.128. The van der Waals surface area contributed by atoms with E-state index >= 15 is 0 Å². The van der Waals surface area contributed by atoms with Gasteiger partial charge in [0.15, 0.2) is 0 Å². The third-order valence-corrected chi connectivity index (χ3v) is 4.75. The summed E-state index contributed by atoms with van der Waals surface area (Å²) in [4.78, 5) is 2.47. The number of rotatable bonds is 3. The zero-order chi connectivity index (χ0) is 15.1. The zero-order valence-corrected chi connectivity index (χ0v) is 13.8. The normalized spacial score (nSPS) is 27.0. The summed E-state index contributed by atoms with van der Waals surface area (Å²) in [5, 5.41) is 3.66. The third-order valence-electron chi connectivity index (χ3n) is 4.75. The van der Waals surface area contributed by atoms with Crippen molar-refractivity contribution >= 4 is 11.4 Å². The zero-order valence-electron chi connectivity index (χ0n) is 13.8. The molecule has 0 amide bonds. The summed E-state index contributed by atoms with van der Waals surface area (Å²) >= 11 is 0. The molecule has 2 fully saturated rings. The van der Waals surface area contributed by atoms with Gasteiger partial charge in [-0.25, -0.2) is 0 Å². The maximum absolute atomic E-state index is 6.16. The maximum atomic E-state index is 6.16. The van der Waals surface area contributed by atoms with Crippen LogP contribution in [0.4, 0.5) is 11.4 Å². The number of ether oxygens (including phenoxy) is 1. The molecule has 2 aliphatic heterocycles. The monoisotopic (exact) mass is 288 g/mol. The summed E-state index contributed by atoms with van der Waals surface area (Å²) in [6.45, 7) is 11.1. The summed E-state index contributed by atoms with van der Waals surface area (Å²) in [5.41, 5.74) is 2.37. The largest absolute Gasteiger partial charge is 0.379 e. The topological polar surface area (TPSA) is 24.5 Å². The van der Waals surface area contributed by atoms with Crippen molar-refractivity contribution < 1.29 is 4.74 Å². The van der Waals surface area contributed by atoms with Crippen LogP contribution in [0.1, 0.15) is 47.0 Å². The molecular formula is C18H28N2O. The molecule has 0 bridgehead atoms. The van der Waals surface area contributed by atoms with E-state index in [-0.39, 0.29) is 11.2 Å². The fourth-order valence-electron chi connectivity index (χ4n) is 3.73. The lowest BCUT2D eigenvalue weighted by Crippen LogP contribution is -2.38. The molecule has 3 heteroatoms. The molecule has 0 radical (unpaired) electrons. The lowest BCUT2D eigenvalue weighted by Gasteiger charge is -2.28. The molecule has 3 nitrogen and oxygen atoms in total. The van der Waals surface area contributed by atoms with Crippen molar-refractivity contribution in [3.05, 3.63) is 24.3 Å². The second-order valence-corrected chi connectivity index (χ2v) is 7.61. The van der Waals surface area contributed by atoms with Gasteiger partial charge >= 0.3 is 0 Å². The number of hydrogen-bond donors (Lipinski definition) is 1. The van der Waals surface area contributed by atoms with Gasteiger partial charge in [0.2, 0.25) is 0 Å². The molecule has 1 aromatic carbocycles. The molecule has 3 rings (SSSR count). The second-order valence-electron chi connectivity index (χ2n) is 7.61. The van der Waals surface area contributed by atoms with Gasteiger partial charge < -0.3 is 15.0 Å². The number of nitrogens with zero attached hydrogens (tertiary/aromatic N) is 1. The molecule has 2 saturated heterocycles. The van der Waals surface area contributed by atoms with E-state index in [9.17, 15) is 0 Å². The highest BCUT2D eigenvalue weighted by atomic mass is 16.5. The summed E-state index contributed by atoms with van der Waals surface area (Å²) in [7, 11) is 0. The van der Waals surface area contributed by atoms with E-state index in [0.29, 0.717) is 6.04 Å². The minimum Gasteiger partial charge on any atom is -0.379 e. The molecule has 2 heterocycles. The van der Waals surface area contributed by atoms with E-state index in [1.807, 2.05) is 0 Å². The van der Waals surface area contributed by atoms with E-state index in [1.165, 1.54) is 37.3 Å². The highest BCUT2D eigenvalue weighted by molar-refractivity contribution is 5.56. The standard InChI is InChI=1S/C18H28N2O/c1-17(2)13-16(18(3,4)21-17)19-14-7-9-15(10-8-14)20-11-5-6-12-20/h7-10,16,19H,5-6,11-13H2,1-4H3. The van der Waals surface area contributed by atoms with Crippen molar-refractivity contribution in [2.75, 3.05) is 23.3 Å². The molecule has 1 atom stereocenters. The van der Waals surface area contributed by atoms with Crippen LogP contribution in [0.15, 0.2) is 24.3 Å². The van der Waals surface area contributed by atoms with Gasteiger partial charge in [0.25, 0.3) is 0 Å². The first kappa shape index (κ1) is 14.7. The Hall–Kier alpha value is -1.22. The van der Waals surface area contributed by atoms with Crippen LogP contribution in [0.3, 0.4) is 0 Å². The Morgan fingerprint density at radius 2 is 1.67 bits per heavy atom. The van der Waals surface area contributed by atoms with Crippen molar-refractivity contribution in [3.63, 3.8) is 0 Å². The van der Waals surface area contributed by atoms with Gasteiger partial charge in [0.05, 0.1) is 17.2 Å². The Balaban J connectivity index is 1.68. The predicted molar refractivity (Wildman–Crippen MR) is 89.2 cm³/mol. The fraction of sp³-hybridized carbons (Fsp3) is 0.667. The van der Waals surface area contributed by atoms with Crippen LogP contribution in [0.2, 0.25) is 0 Å². The van der Waals surface area contributed by atoms with Gasteiger partial charge in [0, 0.05) is 24.5 Å². The van der Waals surface area contributed by atoms with Gasteiger partial charge in [0.1, 0.15) is 0 Å². The molecule has 0 saturated carbocycles. The van der Waals surface area contributed by atoms with E-state index < -0.39 is 0 Å². The second kappa shape index (κ2) is 5.20. The molecule has 1 aromatic rings. The number of anilines is 2. The number of benzene rings is 1. The maximum Gasteiger partial charge on any atom is 0.0834 e. The molecule has 0 aliphatic carbocycles. The van der Waals surface area contributed by atoms with Crippen molar-refractivity contribution in [1.29, 1.82) is 0 Å². The fourth-order valence-corrected chi connectivity index (χ4v) is 3.73. The number of hydrogen-bond acceptors (Lipinski definition) is 3. The van der Waals surface area contributed by atoms with Crippen molar-refractivity contribution in [1.82, 2.24) is 0 Å². The Morgan fingerprint density at radius 3 is 2.19 bits per heavy atom. The van der Waals surface area contributed by atoms with Gasteiger partial charge in [-0.05, 0) is 71.2 Å². The average molecular weight is 288 g/mol. The summed E-state index contributed by atoms with van der Waals surface area (Å²) in [5.74, 6) is 0. The molecule has 116 valence electrons. The van der Waals surface area contributed by atoms with Crippen LogP contribution in [0.5, 0.6) is 0 Å². The highest BCUT2D eigenvalue weighted by Crippen LogP contribution is 2.39. The van der Waals surface area contributed by atoms with Crippen LogP contribution in [-0.2, 0) is 4.74 Å². The molecule has 1 N–H and O–H groups in total. The van der Waals surface area contributed by atoms with E-state index in [0.717, 1.165) is 6.42 Å². The molecule has 2 aliphatic rings. The average Bonchev–Trinajstić information content (AvgIpc) is 2.97.